The summed E-state index contributed by atoms with van der Waals surface area (Å²) in [5, 5.41) is 6.59. The topological polar surface area (TPSA) is 83.8 Å². The van der Waals surface area contributed by atoms with Crippen LogP contribution in [-0.4, -0.2) is 56.3 Å². The van der Waals surface area contributed by atoms with Gasteiger partial charge < -0.3 is 23.7 Å². The molecule has 10 heteroatoms. The molecule has 0 radical (unpaired) electrons. The number of hydrogen-bond donors (Lipinski definition) is 0. The smallest absolute Gasteiger partial charge is 0.415 e. The van der Waals surface area contributed by atoms with E-state index in [1.54, 1.807) is 25.8 Å². The third kappa shape index (κ3) is 4.86. The van der Waals surface area contributed by atoms with Crippen molar-refractivity contribution in [3.63, 3.8) is 0 Å². The molecule has 2 heterocycles. The van der Waals surface area contributed by atoms with Gasteiger partial charge in [-0.25, -0.2) is 9.31 Å². The van der Waals surface area contributed by atoms with Crippen molar-refractivity contribution in [2.75, 3.05) is 39.9 Å². The number of aromatic nitrogens is 2. The van der Waals surface area contributed by atoms with Crippen LogP contribution in [0.1, 0.15) is 33.3 Å². The quantitative estimate of drug-likeness (QED) is 0.452. The minimum Gasteiger partial charge on any atom is -0.496 e. The van der Waals surface area contributed by atoms with Crippen molar-refractivity contribution in [2.24, 2.45) is 0 Å². The molecule has 0 unspecified atom stereocenters. The van der Waals surface area contributed by atoms with Gasteiger partial charge in [-0.2, -0.15) is 0 Å². The van der Waals surface area contributed by atoms with E-state index in [1.807, 2.05) is 45.2 Å². The number of benzene rings is 1. The Morgan fingerprint density at radius 1 is 1.09 bits per heavy atom. The molecule has 9 nitrogen and oxygen atoms in total. The molecular weight excluding hydrogens is 446 g/mol. The molecule has 2 aromatic heterocycles. The highest BCUT2D eigenvalue weighted by Gasteiger charge is 2.31. The van der Waals surface area contributed by atoms with Gasteiger partial charge in [0.25, 0.3) is 5.88 Å². The fourth-order valence-corrected chi connectivity index (χ4v) is 4.49. The zero-order chi connectivity index (χ0) is 24.3. The van der Waals surface area contributed by atoms with Gasteiger partial charge in [-0.05, 0) is 45.4 Å². The molecule has 0 bridgehead atoms. The Morgan fingerprint density at radius 3 is 2.21 bits per heavy atom. The minimum atomic E-state index is -0.630. The average molecular weight is 478 g/mol. The van der Waals surface area contributed by atoms with E-state index in [0.29, 0.717) is 36.2 Å². The summed E-state index contributed by atoms with van der Waals surface area (Å²) < 4.78 is 29.5. The summed E-state index contributed by atoms with van der Waals surface area (Å²) in [7, 11) is 6.37. The number of amides is 1. The second-order valence-corrected chi connectivity index (χ2v) is 9.09. The standard InChI is InChI=1S/C23H31N3O6S/c1-9-25(22(27)32-23(2,3)4)19-20(31-8)24-26-15(13-33-21(19)26)18-16(29-6)10-14(12-28-5)11-17(18)30-7/h10-11,13H,9,12H2,1-8H3. The third-order valence-electron chi connectivity index (χ3n) is 4.82. The van der Waals surface area contributed by atoms with Crippen LogP contribution in [0, 0.1) is 0 Å². The van der Waals surface area contributed by atoms with Crippen LogP contribution >= 0.6 is 11.3 Å². The van der Waals surface area contributed by atoms with E-state index in [1.165, 1.54) is 23.3 Å². The number of nitrogens with zero attached hydrogens (tertiary/aromatic N) is 3. The Labute approximate surface area is 197 Å². The van der Waals surface area contributed by atoms with Crippen LogP contribution in [0.15, 0.2) is 17.5 Å². The van der Waals surface area contributed by atoms with Gasteiger partial charge in [-0.1, -0.05) is 0 Å². The number of carbonyl (C=O) groups excluding carboxylic acids is 1. The lowest BCUT2D eigenvalue weighted by Crippen LogP contribution is -2.36. The van der Waals surface area contributed by atoms with Gasteiger partial charge in [-0.3, -0.25) is 4.90 Å². The van der Waals surface area contributed by atoms with E-state index in [-0.39, 0.29) is 0 Å². The van der Waals surface area contributed by atoms with Gasteiger partial charge in [0.05, 0.1) is 39.2 Å². The van der Waals surface area contributed by atoms with Gasteiger partial charge in [-0.15, -0.1) is 16.4 Å². The molecule has 0 saturated carbocycles. The summed E-state index contributed by atoms with van der Waals surface area (Å²) in [6.07, 6.45) is -0.466. The molecule has 0 aliphatic heterocycles. The number of rotatable bonds is 8. The van der Waals surface area contributed by atoms with Gasteiger partial charge in [0.2, 0.25) is 0 Å². The number of ether oxygens (including phenoxy) is 5. The van der Waals surface area contributed by atoms with E-state index in [2.05, 4.69) is 5.10 Å². The number of thiazole rings is 1. The van der Waals surface area contributed by atoms with E-state index in [4.69, 9.17) is 23.7 Å². The van der Waals surface area contributed by atoms with Crippen LogP contribution in [-0.2, 0) is 16.1 Å². The largest absolute Gasteiger partial charge is 0.496 e. The Morgan fingerprint density at radius 2 is 1.73 bits per heavy atom. The lowest BCUT2D eigenvalue weighted by Gasteiger charge is -2.26. The second-order valence-electron chi connectivity index (χ2n) is 8.23. The van der Waals surface area contributed by atoms with Crippen LogP contribution in [0.2, 0.25) is 0 Å². The molecule has 3 rings (SSSR count). The summed E-state index contributed by atoms with van der Waals surface area (Å²) in [6.45, 7) is 8.18. The molecule has 1 aromatic carbocycles. The molecule has 0 aliphatic carbocycles. The summed E-state index contributed by atoms with van der Waals surface area (Å²) in [5.41, 5.74) is 2.33. The predicted molar refractivity (Wildman–Crippen MR) is 128 cm³/mol. The number of methoxy groups -OCH3 is 4. The zero-order valence-electron chi connectivity index (χ0n) is 20.3. The van der Waals surface area contributed by atoms with Crippen LogP contribution in [0.5, 0.6) is 17.4 Å². The van der Waals surface area contributed by atoms with Crippen LogP contribution in [0.25, 0.3) is 16.1 Å². The van der Waals surface area contributed by atoms with Crippen molar-refractivity contribution in [2.45, 2.75) is 39.9 Å². The summed E-state index contributed by atoms with van der Waals surface area (Å²) in [4.78, 5) is 15.2. The first-order chi connectivity index (χ1) is 15.7. The van der Waals surface area contributed by atoms with Gasteiger partial charge >= 0.3 is 6.09 Å². The molecule has 0 N–H and O–H groups in total. The van der Waals surface area contributed by atoms with Crippen LogP contribution in [0.4, 0.5) is 10.5 Å². The lowest BCUT2D eigenvalue weighted by atomic mass is 10.1. The maximum atomic E-state index is 12.9. The van der Waals surface area contributed by atoms with Crippen molar-refractivity contribution in [3.8, 4) is 28.6 Å². The minimum absolute atomic E-state index is 0.324. The van der Waals surface area contributed by atoms with Crippen molar-refractivity contribution in [3.05, 3.63) is 23.1 Å². The Hall–Kier alpha value is -2.98. The molecule has 180 valence electrons. The van der Waals surface area contributed by atoms with E-state index in [0.717, 1.165) is 21.7 Å². The number of hydrogen-bond acceptors (Lipinski definition) is 8. The maximum absolute atomic E-state index is 12.9. The van der Waals surface area contributed by atoms with Crippen LogP contribution < -0.4 is 19.1 Å². The third-order valence-corrected chi connectivity index (χ3v) is 5.76. The molecule has 0 atom stereocenters. The molecule has 1 amide bonds. The summed E-state index contributed by atoms with van der Waals surface area (Å²) >= 11 is 1.44. The molecule has 3 aromatic rings. The second kappa shape index (κ2) is 9.88. The molecule has 0 aliphatic rings. The first kappa shape index (κ1) is 24.7. The molecule has 0 spiro atoms. The zero-order valence-corrected chi connectivity index (χ0v) is 21.2. The van der Waals surface area contributed by atoms with Crippen molar-refractivity contribution < 1.29 is 28.5 Å². The van der Waals surface area contributed by atoms with E-state index >= 15 is 0 Å². The number of anilines is 1. The fourth-order valence-electron chi connectivity index (χ4n) is 3.50. The Kier molecular flexibility index (Phi) is 7.38. The first-order valence-electron chi connectivity index (χ1n) is 10.5. The maximum Gasteiger partial charge on any atom is 0.415 e. The van der Waals surface area contributed by atoms with E-state index in [9.17, 15) is 4.79 Å². The van der Waals surface area contributed by atoms with Crippen molar-refractivity contribution in [1.29, 1.82) is 0 Å². The normalized spacial score (nSPS) is 11.5. The highest BCUT2D eigenvalue weighted by molar-refractivity contribution is 7.16. The van der Waals surface area contributed by atoms with Gasteiger partial charge in [0, 0.05) is 19.0 Å². The fraction of sp³-hybridized carbons (Fsp3) is 0.478. The molecule has 0 saturated heterocycles. The monoisotopic (exact) mass is 477 g/mol. The van der Waals surface area contributed by atoms with Crippen molar-refractivity contribution in [1.82, 2.24) is 9.61 Å². The predicted octanol–water partition coefficient (Wildman–Crippen LogP) is 5.00. The van der Waals surface area contributed by atoms with Gasteiger partial charge in [0.15, 0.2) is 0 Å². The molecule has 33 heavy (non-hydrogen) atoms. The summed E-state index contributed by atoms with van der Waals surface area (Å²) in [6, 6.07) is 3.82. The highest BCUT2D eigenvalue weighted by Crippen LogP contribution is 2.45. The SMILES string of the molecule is CCN(C(=O)OC(C)(C)C)c1c(OC)nn2c(-c3c(OC)cc(COC)cc3OC)csc12. The molecule has 0 fully saturated rings. The van der Waals surface area contributed by atoms with Gasteiger partial charge in [0.1, 0.15) is 27.6 Å². The number of carbonyl (C=O) groups is 1. The van der Waals surface area contributed by atoms with Crippen molar-refractivity contribution >= 4 is 27.9 Å². The average Bonchev–Trinajstić information content (AvgIpc) is 3.32. The Balaban J connectivity index is 2.20. The Bertz CT molecular complexity index is 1110. The molecular formula is C23H31N3O6S. The summed E-state index contributed by atoms with van der Waals surface area (Å²) in [5.74, 6) is 1.57. The van der Waals surface area contributed by atoms with Crippen LogP contribution in [0.3, 0.4) is 0 Å². The lowest BCUT2D eigenvalue weighted by molar-refractivity contribution is 0.0582. The highest BCUT2D eigenvalue weighted by atomic mass is 32.1. The van der Waals surface area contributed by atoms with E-state index < -0.39 is 11.7 Å². The first-order valence-corrected chi connectivity index (χ1v) is 11.4. The number of fused-ring (bicyclic) bond motifs is 1.